The first-order valence-corrected chi connectivity index (χ1v) is 10.4. The van der Waals surface area contributed by atoms with Crippen LogP contribution in [0.15, 0.2) is 41.3 Å². The second-order valence-electron chi connectivity index (χ2n) is 7.48. The van der Waals surface area contributed by atoms with Gasteiger partial charge in [-0.15, -0.1) is 0 Å². The van der Waals surface area contributed by atoms with E-state index in [2.05, 4.69) is 10.4 Å². The molecule has 1 N–H and O–H groups in total. The highest BCUT2D eigenvalue weighted by Crippen LogP contribution is 2.23. The average Bonchev–Trinajstić information content (AvgIpc) is 3.00. The number of carbonyl (C=O) groups excluding carboxylic acids is 1. The number of benzene rings is 1. The van der Waals surface area contributed by atoms with Crippen LogP contribution < -0.4 is 5.32 Å². The molecular formula is C19H28N4O4S. The normalized spacial score (nSPS) is 12.4. The number of nitrogens with zero attached hydrogens (tertiary/aromatic N) is 3. The monoisotopic (exact) mass is 408 g/mol. The van der Waals surface area contributed by atoms with E-state index in [0.717, 1.165) is 10.00 Å². The number of hydrogen-bond donors (Lipinski definition) is 1. The molecule has 0 spiro atoms. The van der Waals surface area contributed by atoms with E-state index in [4.69, 9.17) is 4.74 Å². The van der Waals surface area contributed by atoms with Gasteiger partial charge in [-0.2, -0.15) is 9.40 Å². The highest BCUT2D eigenvalue weighted by molar-refractivity contribution is 7.89. The molecule has 0 aliphatic heterocycles. The SMILES string of the molecule is COCCN(CC(=O)Nc1cc(C(C)(C)C)nn1C)S(=O)(=O)c1ccccc1. The number of aryl methyl sites for hydroxylation is 1. The number of amides is 1. The minimum Gasteiger partial charge on any atom is -0.383 e. The summed E-state index contributed by atoms with van der Waals surface area (Å²) in [6.07, 6.45) is 0. The fourth-order valence-corrected chi connectivity index (χ4v) is 3.91. The van der Waals surface area contributed by atoms with Gasteiger partial charge in [0.15, 0.2) is 0 Å². The van der Waals surface area contributed by atoms with Gasteiger partial charge >= 0.3 is 0 Å². The fraction of sp³-hybridized carbons (Fsp3) is 0.474. The number of methoxy groups -OCH3 is 1. The largest absolute Gasteiger partial charge is 0.383 e. The van der Waals surface area contributed by atoms with E-state index in [9.17, 15) is 13.2 Å². The molecule has 1 heterocycles. The lowest BCUT2D eigenvalue weighted by molar-refractivity contribution is -0.116. The molecule has 1 aromatic carbocycles. The predicted octanol–water partition coefficient (Wildman–Crippen LogP) is 1.99. The summed E-state index contributed by atoms with van der Waals surface area (Å²) in [5, 5.41) is 7.16. The van der Waals surface area contributed by atoms with Crippen LogP contribution in [0.3, 0.4) is 0 Å². The summed E-state index contributed by atoms with van der Waals surface area (Å²) in [7, 11) is -0.605. The first-order chi connectivity index (χ1) is 13.1. The standard InChI is InChI=1S/C19H28N4O4S/c1-19(2,3)16-13-17(22(4)21-16)20-18(24)14-23(11-12-27-5)28(25,26)15-9-7-6-8-10-15/h6-10,13H,11-12,14H2,1-5H3,(H,20,24). The van der Waals surface area contributed by atoms with E-state index in [1.807, 2.05) is 20.8 Å². The third-order valence-electron chi connectivity index (χ3n) is 4.16. The maximum atomic E-state index is 12.9. The molecule has 0 radical (unpaired) electrons. The Bertz CT molecular complexity index is 902. The first kappa shape index (κ1) is 22.1. The van der Waals surface area contributed by atoms with E-state index in [1.165, 1.54) is 19.2 Å². The molecule has 9 heteroatoms. The average molecular weight is 409 g/mol. The number of ether oxygens (including phenoxy) is 1. The Hall–Kier alpha value is -2.23. The summed E-state index contributed by atoms with van der Waals surface area (Å²) in [6.45, 7) is 6.01. The number of anilines is 1. The lowest BCUT2D eigenvalue weighted by Crippen LogP contribution is -2.40. The highest BCUT2D eigenvalue weighted by Gasteiger charge is 2.27. The van der Waals surface area contributed by atoms with Crippen molar-refractivity contribution < 1.29 is 17.9 Å². The summed E-state index contributed by atoms with van der Waals surface area (Å²) in [4.78, 5) is 12.7. The number of hydrogen-bond acceptors (Lipinski definition) is 5. The third-order valence-corrected chi connectivity index (χ3v) is 6.02. The molecule has 0 bridgehead atoms. The minimum atomic E-state index is -3.82. The molecule has 0 aliphatic rings. The molecular weight excluding hydrogens is 380 g/mol. The lowest BCUT2D eigenvalue weighted by Gasteiger charge is -2.21. The maximum Gasteiger partial charge on any atom is 0.243 e. The van der Waals surface area contributed by atoms with Crippen LogP contribution in [0.2, 0.25) is 0 Å². The molecule has 8 nitrogen and oxygen atoms in total. The predicted molar refractivity (Wildman–Crippen MR) is 108 cm³/mol. The van der Waals surface area contributed by atoms with Crippen LogP contribution in [0.4, 0.5) is 5.82 Å². The number of carbonyl (C=O) groups is 1. The second-order valence-corrected chi connectivity index (χ2v) is 9.42. The molecule has 2 rings (SSSR count). The Kier molecular flexibility index (Phi) is 6.97. The van der Waals surface area contributed by atoms with E-state index < -0.39 is 15.9 Å². The third kappa shape index (κ3) is 5.40. The van der Waals surface area contributed by atoms with E-state index in [-0.39, 0.29) is 30.0 Å². The van der Waals surface area contributed by atoms with Gasteiger partial charge in [-0.25, -0.2) is 8.42 Å². The Morgan fingerprint density at radius 1 is 1.25 bits per heavy atom. The van der Waals surface area contributed by atoms with Crippen LogP contribution in [0.5, 0.6) is 0 Å². The van der Waals surface area contributed by atoms with Crippen molar-refractivity contribution in [1.82, 2.24) is 14.1 Å². The van der Waals surface area contributed by atoms with Crippen LogP contribution in [-0.4, -0.2) is 55.2 Å². The minimum absolute atomic E-state index is 0.0692. The topological polar surface area (TPSA) is 93.5 Å². The summed E-state index contributed by atoms with van der Waals surface area (Å²) in [5.74, 6) is 0.0674. The maximum absolute atomic E-state index is 12.9. The summed E-state index contributed by atoms with van der Waals surface area (Å²) in [6, 6.07) is 9.83. The number of nitrogens with one attached hydrogen (secondary N) is 1. The van der Waals surface area contributed by atoms with Gasteiger partial charge in [-0.3, -0.25) is 9.48 Å². The van der Waals surface area contributed by atoms with Crippen molar-refractivity contribution >= 4 is 21.7 Å². The molecule has 0 aliphatic carbocycles. The molecule has 1 aromatic heterocycles. The second kappa shape index (κ2) is 8.85. The Morgan fingerprint density at radius 3 is 2.43 bits per heavy atom. The number of sulfonamides is 1. The van der Waals surface area contributed by atoms with Gasteiger partial charge in [-0.05, 0) is 12.1 Å². The molecule has 1 amide bonds. The number of aromatic nitrogens is 2. The summed E-state index contributed by atoms with van der Waals surface area (Å²) in [5.41, 5.74) is 0.667. The highest BCUT2D eigenvalue weighted by atomic mass is 32.2. The van der Waals surface area contributed by atoms with Crippen LogP contribution in [0, 0.1) is 0 Å². The smallest absolute Gasteiger partial charge is 0.243 e. The molecule has 0 saturated heterocycles. The van der Waals surface area contributed by atoms with Gasteiger partial charge in [0.2, 0.25) is 15.9 Å². The van der Waals surface area contributed by atoms with Gasteiger partial charge in [0, 0.05) is 32.2 Å². The Morgan fingerprint density at radius 2 is 1.89 bits per heavy atom. The van der Waals surface area contributed by atoms with Crippen LogP contribution >= 0.6 is 0 Å². The van der Waals surface area contributed by atoms with Gasteiger partial charge in [0.05, 0.1) is 23.7 Å². The van der Waals surface area contributed by atoms with Crippen molar-refractivity contribution in [2.75, 3.05) is 32.1 Å². The molecule has 2 aromatic rings. The summed E-state index contributed by atoms with van der Waals surface area (Å²) < 4.78 is 33.5. The van der Waals surface area contributed by atoms with Crippen molar-refractivity contribution in [3.63, 3.8) is 0 Å². The van der Waals surface area contributed by atoms with Gasteiger partial charge < -0.3 is 10.1 Å². The molecule has 0 fully saturated rings. The fourth-order valence-electron chi connectivity index (χ4n) is 2.51. The van der Waals surface area contributed by atoms with Gasteiger partial charge in [0.25, 0.3) is 0 Å². The van der Waals surface area contributed by atoms with E-state index in [0.29, 0.717) is 5.82 Å². The summed E-state index contributed by atoms with van der Waals surface area (Å²) >= 11 is 0. The molecule has 154 valence electrons. The quantitative estimate of drug-likeness (QED) is 0.721. The molecule has 0 unspecified atom stereocenters. The van der Waals surface area contributed by atoms with Crippen molar-refractivity contribution in [3.05, 3.63) is 42.1 Å². The van der Waals surface area contributed by atoms with Crippen LogP contribution in [0.1, 0.15) is 26.5 Å². The zero-order chi connectivity index (χ0) is 20.9. The van der Waals surface area contributed by atoms with Gasteiger partial charge in [-0.1, -0.05) is 39.0 Å². The van der Waals surface area contributed by atoms with Crippen molar-refractivity contribution in [3.8, 4) is 0 Å². The van der Waals surface area contributed by atoms with Gasteiger partial charge in [0.1, 0.15) is 5.82 Å². The van der Waals surface area contributed by atoms with Crippen molar-refractivity contribution in [1.29, 1.82) is 0 Å². The number of rotatable bonds is 8. The van der Waals surface area contributed by atoms with E-state index in [1.54, 1.807) is 36.0 Å². The molecule has 0 saturated carbocycles. The first-order valence-electron chi connectivity index (χ1n) is 8.94. The van der Waals surface area contributed by atoms with Crippen molar-refractivity contribution in [2.45, 2.75) is 31.1 Å². The van der Waals surface area contributed by atoms with Crippen LogP contribution in [0.25, 0.3) is 0 Å². The van der Waals surface area contributed by atoms with Crippen molar-refractivity contribution in [2.24, 2.45) is 7.05 Å². The van der Waals surface area contributed by atoms with Crippen LogP contribution in [-0.2, 0) is 32.0 Å². The zero-order valence-corrected chi connectivity index (χ0v) is 17.8. The lowest BCUT2D eigenvalue weighted by atomic mass is 9.92. The van der Waals surface area contributed by atoms with E-state index >= 15 is 0 Å². The molecule has 0 atom stereocenters. The molecule has 28 heavy (non-hydrogen) atoms. The zero-order valence-electron chi connectivity index (χ0n) is 17.0. The Labute approximate surface area is 166 Å². The Balaban J connectivity index is 2.19.